The summed E-state index contributed by atoms with van der Waals surface area (Å²) in [5.74, 6) is 0. The number of nitrogens with zero attached hydrogens (tertiary/aromatic N) is 3. The van der Waals surface area contributed by atoms with E-state index in [1.807, 2.05) is 0 Å². The average Bonchev–Trinajstić information content (AvgIpc) is 2.22. The molecule has 0 atom stereocenters. The maximum atomic E-state index is 2.40. The van der Waals surface area contributed by atoms with Crippen LogP contribution in [-0.2, 0) is 0 Å². The Morgan fingerprint density at radius 1 is 0.643 bits per heavy atom. The summed E-state index contributed by atoms with van der Waals surface area (Å²) in [4.78, 5) is 7.10. The van der Waals surface area contributed by atoms with Crippen molar-refractivity contribution in [3.8, 4) is 0 Å². The highest BCUT2D eigenvalue weighted by atomic mass is 15.2. The van der Waals surface area contributed by atoms with Gasteiger partial charge >= 0.3 is 0 Å². The van der Waals surface area contributed by atoms with Crippen LogP contribution in [0.15, 0.2) is 0 Å². The van der Waals surface area contributed by atoms with Gasteiger partial charge in [-0.25, -0.2) is 0 Å². The molecule has 0 saturated heterocycles. The minimum absolute atomic E-state index is 1.14. The fourth-order valence-electron chi connectivity index (χ4n) is 1.11. The van der Waals surface area contributed by atoms with Gasteiger partial charge < -0.3 is 14.7 Å². The van der Waals surface area contributed by atoms with Gasteiger partial charge in [-0.15, -0.1) is 0 Å². The highest BCUT2D eigenvalue weighted by Gasteiger charge is 2.01. The molecule has 14 heavy (non-hydrogen) atoms. The van der Waals surface area contributed by atoms with Crippen LogP contribution >= 0.6 is 0 Å². The van der Waals surface area contributed by atoms with E-state index in [-0.39, 0.29) is 0 Å². The Bertz CT molecular complexity index is 121. The molecular formula is C9H25B2N3. The largest absolute Gasteiger partial charge is 0.313 e. The topological polar surface area (TPSA) is 9.72 Å². The van der Waals surface area contributed by atoms with Crippen LogP contribution in [0.25, 0.3) is 0 Å². The van der Waals surface area contributed by atoms with E-state index in [1.165, 1.54) is 26.2 Å². The lowest BCUT2D eigenvalue weighted by atomic mass is 10.1. The van der Waals surface area contributed by atoms with Gasteiger partial charge in [0.05, 0.1) is 0 Å². The lowest BCUT2D eigenvalue weighted by molar-refractivity contribution is 0.247. The molecule has 0 aliphatic heterocycles. The van der Waals surface area contributed by atoms with Crippen LogP contribution in [0.3, 0.4) is 0 Å². The smallest absolute Gasteiger partial charge is 0.119 e. The fraction of sp³-hybridized carbons (Fsp3) is 1.00. The summed E-state index contributed by atoms with van der Waals surface area (Å²) < 4.78 is 0. The Morgan fingerprint density at radius 3 is 1.21 bits per heavy atom. The third-order valence-electron chi connectivity index (χ3n) is 2.81. The van der Waals surface area contributed by atoms with Crippen LogP contribution in [0, 0.1) is 0 Å². The Balaban J connectivity index is 3.40. The van der Waals surface area contributed by atoms with E-state index >= 15 is 0 Å². The third kappa shape index (κ3) is 7.42. The second-order valence-corrected chi connectivity index (χ2v) is 4.10. The van der Waals surface area contributed by atoms with Crippen molar-refractivity contribution in [3.63, 3.8) is 0 Å². The van der Waals surface area contributed by atoms with Gasteiger partial charge in [0, 0.05) is 26.2 Å². The molecule has 0 bridgehead atoms. The Kier molecular flexibility index (Phi) is 8.33. The molecule has 0 aromatic rings. The summed E-state index contributed by atoms with van der Waals surface area (Å²) >= 11 is 0. The molecule has 0 aliphatic carbocycles. The molecule has 0 amide bonds. The van der Waals surface area contributed by atoms with E-state index in [2.05, 4.69) is 51.5 Å². The van der Waals surface area contributed by atoms with Gasteiger partial charge in [-0.2, -0.15) is 0 Å². The SMILES string of the molecule is BCN(C)CCN(C)CCN(C)CB. The van der Waals surface area contributed by atoms with Crippen molar-refractivity contribution in [2.75, 3.05) is 60.2 Å². The first-order valence-electron chi connectivity index (χ1n) is 5.65. The number of hydrogen-bond acceptors (Lipinski definition) is 3. The molecule has 3 nitrogen and oxygen atoms in total. The van der Waals surface area contributed by atoms with Gasteiger partial charge in [0.15, 0.2) is 0 Å². The van der Waals surface area contributed by atoms with Crippen molar-refractivity contribution < 1.29 is 0 Å². The van der Waals surface area contributed by atoms with Gasteiger partial charge in [-0.05, 0) is 34.0 Å². The van der Waals surface area contributed by atoms with Crippen molar-refractivity contribution in [3.05, 3.63) is 0 Å². The molecule has 0 unspecified atom stereocenters. The van der Waals surface area contributed by atoms with Crippen molar-refractivity contribution in [1.82, 2.24) is 14.7 Å². The minimum Gasteiger partial charge on any atom is -0.313 e. The predicted molar refractivity (Wildman–Crippen MR) is 69.6 cm³/mol. The first-order valence-corrected chi connectivity index (χ1v) is 5.65. The second-order valence-electron chi connectivity index (χ2n) is 4.10. The summed E-state index contributed by atoms with van der Waals surface area (Å²) in [7, 11) is 10.9. The number of hydrogen-bond donors (Lipinski definition) is 0. The number of likely N-dealkylation sites (N-methyl/N-ethyl adjacent to an activating group) is 3. The van der Waals surface area contributed by atoms with Crippen LogP contribution in [0.1, 0.15) is 0 Å². The number of rotatable bonds is 8. The summed E-state index contributed by atoms with van der Waals surface area (Å²) in [6.07, 6.45) is 2.28. The van der Waals surface area contributed by atoms with Gasteiger partial charge in [0.2, 0.25) is 0 Å². The van der Waals surface area contributed by atoms with Crippen molar-refractivity contribution in [2.45, 2.75) is 0 Å². The van der Waals surface area contributed by atoms with Gasteiger partial charge in [0.1, 0.15) is 15.7 Å². The zero-order chi connectivity index (χ0) is 11.0. The normalized spacial score (nSPS) is 11.9. The molecule has 0 rings (SSSR count). The van der Waals surface area contributed by atoms with Crippen LogP contribution in [0.5, 0.6) is 0 Å². The quantitative estimate of drug-likeness (QED) is 0.415. The van der Waals surface area contributed by atoms with Crippen LogP contribution in [0.2, 0.25) is 0 Å². The third-order valence-corrected chi connectivity index (χ3v) is 2.81. The van der Waals surface area contributed by atoms with E-state index < -0.39 is 0 Å². The zero-order valence-electron chi connectivity index (χ0n) is 10.6. The van der Waals surface area contributed by atoms with E-state index in [0.717, 1.165) is 12.9 Å². The molecule has 5 heteroatoms. The van der Waals surface area contributed by atoms with Gasteiger partial charge in [0.25, 0.3) is 0 Å². The molecule has 0 fully saturated rings. The molecule has 0 heterocycles. The highest BCUT2D eigenvalue weighted by Crippen LogP contribution is 1.87. The summed E-state index contributed by atoms with van der Waals surface area (Å²) in [5.41, 5.74) is 0. The van der Waals surface area contributed by atoms with Crippen LogP contribution < -0.4 is 0 Å². The molecule has 0 aliphatic rings. The van der Waals surface area contributed by atoms with Crippen molar-refractivity contribution in [1.29, 1.82) is 0 Å². The maximum absolute atomic E-state index is 2.40. The first kappa shape index (κ1) is 14.0. The molecule has 0 aromatic heterocycles. The fourth-order valence-corrected chi connectivity index (χ4v) is 1.11. The van der Waals surface area contributed by atoms with Crippen molar-refractivity contribution in [2.24, 2.45) is 0 Å². The highest BCUT2D eigenvalue weighted by molar-refractivity contribution is 6.08. The molecule has 82 valence electrons. The van der Waals surface area contributed by atoms with Crippen LogP contribution in [-0.4, -0.2) is 90.6 Å². The Morgan fingerprint density at radius 2 is 0.929 bits per heavy atom. The molecule has 0 radical (unpaired) electrons. The lowest BCUT2D eigenvalue weighted by Crippen LogP contribution is -2.36. The Labute approximate surface area is 91.2 Å². The van der Waals surface area contributed by atoms with E-state index in [9.17, 15) is 0 Å². The van der Waals surface area contributed by atoms with Crippen LogP contribution in [0.4, 0.5) is 0 Å². The second kappa shape index (κ2) is 8.33. The van der Waals surface area contributed by atoms with Gasteiger partial charge in [-0.3, -0.25) is 0 Å². The minimum atomic E-state index is 1.14. The van der Waals surface area contributed by atoms with E-state index in [1.54, 1.807) is 0 Å². The zero-order valence-corrected chi connectivity index (χ0v) is 10.6. The predicted octanol–water partition coefficient (Wildman–Crippen LogP) is -2.04. The van der Waals surface area contributed by atoms with Crippen molar-refractivity contribution >= 4 is 15.7 Å². The summed E-state index contributed by atoms with van der Waals surface area (Å²) in [6.45, 7) is 4.68. The maximum Gasteiger partial charge on any atom is 0.119 e. The van der Waals surface area contributed by atoms with Gasteiger partial charge in [-0.1, -0.05) is 0 Å². The lowest BCUT2D eigenvalue weighted by Gasteiger charge is -2.23. The average molecular weight is 197 g/mol. The summed E-state index contributed by atoms with van der Waals surface area (Å²) in [5, 5.41) is 0. The standard InChI is InChI=1S/C9H25B2N3/c1-12(4-6-13(2)8-10)5-7-14(3)9-11/h4-11H2,1-3H3. The Hall–Kier alpha value is 0.00987. The molecule has 0 aromatic carbocycles. The molecular weight excluding hydrogens is 172 g/mol. The molecule has 0 spiro atoms. The van der Waals surface area contributed by atoms with E-state index in [4.69, 9.17) is 0 Å². The molecule has 0 N–H and O–H groups in total. The summed E-state index contributed by atoms with van der Waals surface area (Å²) in [6, 6.07) is 0. The first-order chi connectivity index (χ1) is 6.60. The molecule has 0 saturated carbocycles. The monoisotopic (exact) mass is 197 g/mol. The van der Waals surface area contributed by atoms with E-state index in [0.29, 0.717) is 0 Å².